The average Bonchev–Trinajstić information content (AvgIpc) is 3.09. The first-order chi connectivity index (χ1) is 12.0. The zero-order valence-electron chi connectivity index (χ0n) is 14.9. The Balaban J connectivity index is 1.88. The Hall–Kier alpha value is -2.53. The third-order valence-corrected chi connectivity index (χ3v) is 3.88. The van der Waals surface area contributed by atoms with Crippen LogP contribution in [0.3, 0.4) is 0 Å². The molecule has 2 N–H and O–H groups in total. The van der Waals surface area contributed by atoms with Gasteiger partial charge in [0.05, 0.1) is 13.4 Å². The van der Waals surface area contributed by atoms with Crippen LogP contribution < -0.4 is 10.1 Å². The number of hydrogen-bond donors (Lipinski definition) is 2. The molecule has 25 heavy (non-hydrogen) atoms. The van der Waals surface area contributed by atoms with E-state index in [0.29, 0.717) is 18.6 Å². The second-order valence-electron chi connectivity index (χ2n) is 6.16. The number of allylic oxidation sites excluding steroid dienone is 1. The van der Waals surface area contributed by atoms with E-state index in [1.807, 2.05) is 38.1 Å². The smallest absolute Gasteiger partial charge is 0.244 e. The Bertz CT molecular complexity index is 706. The van der Waals surface area contributed by atoms with Crippen molar-refractivity contribution in [2.24, 2.45) is 0 Å². The molecule has 5 heteroatoms. The number of ether oxygens (including phenoxy) is 1. The number of rotatable bonds is 8. The number of aliphatic hydroxyl groups excluding tert-OH is 1. The maximum Gasteiger partial charge on any atom is 0.244 e. The molecule has 0 fully saturated rings. The molecule has 0 spiro atoms. The standard InChI is InChI=1S/C20H25NO4/c1-14(11-16-7-4-5-8-18(16)24-3)12-20(23)21-15(2)13-17(22)19-9-6-10-25-19/h4-10,12,15,17,22H,11,13H2,1-3H3,(H,21,23)/b14-12+. The number of para-hydroxylation sites is 1. The number of carbonyl (C=O) groups excluding carboxylic acids is 1. The van der Waals surface area contributed by atoms with E-state index >= 15 is 0 Å². The fourth-order valence-corrected chi connectivity index (χ4v) is 2.70. The van der Waals surface area contributed by atoms with Crippen LogP contribution in [-0.4, -0.2) is 24.2 Å². The number of benzene rings is 1. The molecular weight excluding hydrogens is 318 g/mol. The van der Waals surface area contributed by atoms with Gasteiger partial charge in [0.15, 0.2) is 0 Å². The molecule has 1 amide bonds. The summed E-state index contributed by atoms with van der Waals surface area (Å²) in [6.07, 6.45) is 3.40. The summed E-state index contributed by atoms with van der Waals surface area (Å²) in [6, 6.07) is 11.0. The summed E-state index contributed by atoms with van der Waals surface area (Å²) in [5.74, 6) is 1.14. The lowest BCUT2D eigenvalue weighted by atomic mass is 10.0. The lowest BCUT2D eigenvalue weighted by molar-refractivity contribution is -0.117. The van der Waals surface area contributed by atoms with Crippen molar-refractivity contribution in [3.8, 4) is 5.75 Å². The third kappa shape index (κ3) is 5.80. The molecule has 0 bridgehead atoms. The SMILES string of the molecule is COc1ccccc1C/C(C)=C/C(=O)NC(C)CC(O)c1ccco1. The molecule has 5 nitrogen and oxygen atoms in total. The van der Waals surface area contributed by atoms with Crippen LogP contribution in [0.1, 0.15) is 37.7 Å². The molecule has 0 radical (unpaired) electrons. The van der Waals surface area contributed by atoms with E-state index in [4.69, 9.17) is 9.15 Å². The van der Waals surface area contributed by atoms with Crippen LogP contribution in [-0.2, 0) is 11.2 Å². The molecule has 0 saturated carbocycles. The third-order valence-electron chi connectivity index (χ3n) is 3.88. The molecule has 2 aromatic rings. The Morgan fingerprint density at radius 3 is 2.76 bits per heavy atom. The summed E-state index contributed by atoms with van der Waals surface area (Å²) >= 11 is 0. The summed E-state index contributed by atoms with van der Waals surface area (Å²) in [5.41, 5.74) is 1.97. The molecule has 1 aromatic heterocycles. The van der Waals surface area contributed by atoms with E-state index in [2.05, 4.69) is 5.32 Å². The van der Waals surface area contributed by atoms with Crippen LogP contribution >= 0.6 is 0 Å². The molecule has 2 atom stereocenters. The first-order valence-electron chi connectivity index (χ1n) is 8.30. The van der Waals surface area contributed by atoms with Crippen molar-refractivity contribution in [1.82, 2.24) is 5.32 Å². The predicted molar refractivity (Wildman–Crippen MR) is 96.3 cm³/mol. The zero-order chi connectivity index (χ0) is 18.2. The summed E-state index contributed by atoms with van der Waals surface area (Å²) in [7, 11) is 1.64. The summed E-state index contributed by atoms with van der Waals surface area (Å²) < 4.78 is 10.5. The van der Waals surface area contributed by atoms with E-state index in [9.17, 15) is 9.90 Å². The maximum absolute atomic E-state index is 12.2. The molecule has 1 aromatic carbocycles. The predicted octanol–water partition coefficient (Wildman–Crippen LogP) is 3.41. The van der Waals surface area contributed by atoms with Gasteiger partial charge >= 0.3 is 0 Å². The van der Waals surface area contributed by atoms with Gasteiger partial charge in [-0.1, -0.05) is 23.8 Å². The van der Waals surface area contributed by atoms with Crippen molar-refractivity contribution in [1.29, 1.82) is 0 Å². The number of furan rings is 1. The van der Waals surface area contributed by atoms with Gasteiger partial charge in [0, 0.05) is 18.5 Å². The number of methoxy groups -OCH3 is 1. The lowest BCUT2D eigenvalue weighted by Gasteiger charge is -2.16. The van der Waals surface area contributed by atoms with Crippen molar-refractivity contribution < 1.29 is 19.1 Å². The minimum Gasteiger partial charge on any atom is -0.496 e. The van der Waals surface area contributed by atoms with Crippen LogP contribution in [0, 0.1) is 0 Å². The van der Waals surface area contributed by atoms with E-state index in [-0.39, 0.29) is 11.9 Å². The van der Waals surface area contributed by atoms with Gasteiger partial charge in [-0.05, 0) is 44.0 Å². The molecule has 134 valence electrons. The lowest BCUT2D eigenvalue weighted by Crippen LogP contribution is -2.32. The zero-order valence-corrected chi connectivity index (χ0v) is 14.9. The van der Waals surface area contributed by atoms with Crippen LogP contribution in [0.2, 0.25) is 0 Å². The van der Waals surface area contributed by atoms with Crippen LogP contribution in [0.15, 0.2) is 58.7 Å². The highest BCUT2D eigenvalue weighted by Gasteiger charge is 2.15. The minimum atomic E-state index is -0.732. The number of aliphatic hydroxyl groups is 1. The van der Waals surface area contributed by atoms with Crippen molar-refractivity contribution in [3.05, 3.63) is 65.6 Å². The van der Waals surface area contributed by atoms with E-state index < -0.39 is 6.10 Å². The number of carbonyl (C=O) groups is 1. The van der Waals surface area contributed by atoms with Crippen LogP contribution in [0.25, 0.3) is 0 Å². The van der Waals surface area contributed by atoms with E-state index in [1.54, 1.807) is 25.3 Å². The fourth-order valence-electron chi connectivity index (χ4n) is 2.70. The highest BCUT2D eigenvalue weighted by Crippen LogP contribution is 2.21. The van der Waals surface area contributed by atoms with Gasteiger partial charge in [-0.25, -0.2) is 0 Å². The topological polar surface area (TPSA) is 71.7 Å². The highest BCUT2D eigenvalue weighted by molar-refractivity contribution is 5.88. The summed E-state index contributed by atoms with van der Waals surface area (Å²) in [4.78, 5) is 12.2. The molecule has 0 aliphatic heterocycles. The van der Waals surface area contributed by atoms with Gasteiger partial charge in [0.25, 0.3) is 0 Å². The largest absolute Gasteiger partial charge is 0.496 e. The normalized spacial score (nSPS) is 14.0. The maximum atomic E-state index is 12.2. The number of hydrogen-bond acceptors (Lipinski definition) is 4. The van der Waals surface area contributed by atoms with Gasteiger partial charge in [-0.2, -0.15) is 0 Å². The molecular formula is C20H25NO4. The van der Waals surface area contributed by atoms with Gasteiger partial charge in [0.2, 0.25) is 5.91 Å². The van der Waals surface area contributed by atoms with Crippen LogP contribution in [0.5, 0.6) is 5.75 Å². The molecule has 0 aliphatic rings. The van der Waals surface area contributed by atoms with Gasteiger partial charge in [-0.3, -0.25) is 4.79 Å². The second-order valence-corrected chi connectivity index (χ2v) is 6.16. The van der Waals surface area contributed by atoms with Gasteiger partial charge in [0.1, 0.15) is 17.6 Å². The number of amides is 1. The molecule has 0 saturated heterocycles. The van der Waals surface area contributed by atoms with Gasteiger partial charge < -0.3 is 19.6 Å². The van der Waals surface area contributed by atoms with E-state index in [1.165, 1.54) is 6.26 Å². The van der Waals surface area contributed by atoms with Crippen molar-refractivity contribution in [3.63, 3.8) is 0 Å². The van der Waals surface area contributed by atoms with E-state index in [0.717, 1.165) is 16.9 Å². The molecule has 0 aliphatic carbocycles. The summed E-state index contributed by atoms with van der Waals surface area (Å²) in [6.45, 7) is 3.77. The highest BCUT2D eigenvalue weighted by atomic mass is 16.5. The Morgan fingerprint density at radius 2 is 2.08 bits per heavy atom. The van der Waals surface area contributed by atoms with Crippen molar-refractivity contribution in [2.45, 2.75) is 38.8 Å². The minimum absolute atomic E-state index is 0.174. The summed E-state index contributed by atoms with van der Waals surface area (Å²) in [5, 5.41) is 12.9. The van der Waals surface area contributed by atoms with Crippen molar-refractivity contribution in [2.75, 3.05) is 7.11 Å². The monoisotopic (exact) mass is 343 g/mol. The Morgan fingerprint density at radius 1 is 1.32 bits per heavy atom. The second kappa shape index (κ2) is 9.08. The molecule has 2 rings (SSSR count). The first kappa shape index (κ1) is 18.8. The Labute approximate surface area is 148 Å². The van der Waals surface area contributed by atoms with Crippen LogP contribution in [0.4, 0.5) is 0 Å². The van der Waals surface area contributed by atoms with Gasteiger partial charge in [-0.15, -0.1) is 0 Å². The number of nitrogens with one attached hydrogen (secondary N) is 1. The quantitative estimate of drug-likeness (QED) is 0.721. The van der Waals surface area contributed by atoms with Crippen molar-refractivity contribution >= 4 is 5.91 Å². The average molecular weight is 343 g/mol. The Kier molecular flexibility index (Phi) is 6.83. The molecule has 1 heterocycles. The fraction of sp³-hybridized carbons (Fsp3) is 0.350. The first-order valence-corrected chi connectivity index (χ1v) is 8.30. The molecule has 2 unspecified atom stereocenters.